The summed E-state index contributed by atoms with van der Waals surface area (Å²) in [7, 11) is 0. The van der Waals surface area contributed by atoms with Crippen molar-refractivity contribution in [2.24, 2.45) is 0 Å². The monoisotopic (exact) mass is 303 g/mol. The third kappa shape index (κ3) is 4.05. The Labute approximate surface area is 110 Å². The van der Waals surface area contributed by atoms with E-state index in [1.165, 1.54) is 6.07 Å². The second-order valence-corrected chi connectivity index (χ2v) is 5.25. The van der Waals surface area contributed by atoms with Gasteiger partial charge in [-0.3, -0.25) is 0 Å². The zero-order chi connectivity index (χ0) is 12.9. The molecule has 0 radical (unpaired) electrons. The fraction of sp³-hybridized carbons (Fsp3) is 0.538. The normalized spacial score (nSPS) is 14.6. The molecule has 0 saturated carbocycles. The van der Waals surface area contributed by atoms with E-state index in [0.29, 0.717) is 17.4 Å². The number of benzene rings is 1. The van der Waals surface area contributed by atoms with Crippen molar-refractivity contribution in [2.75, 3.05) is 6.61 Å². The first-order valence-electron chi connectivity index (χ1n) is 5.81. The maximum Gasteiger partial charge on any atom is 0.137 e. The van der Waals surface area contributed by atoms with Gasteiger partial charge < -0.3 is 10.4 Å². The molecule has 1 unspecified atom stereocenters. The lowest BCUT2D eigenvalue weighted by Crippen LogP contribution is -2.42. The first-order valence-corrected chi connectivity index (χ1v) is 6.60. The highest BCUT2D eigenvalue weighted by molar-refractivity contribution is 9.10. The molecule has 0 aliphatic heterocycles. The van der Waals surface area contributed by atoms with Crippen molar-refractivity contribution in [1.29, 1.82) is 0 Å². The summed E-state index contributed by atoms with van der Waals surface area (Å²) in [5.74, 6) is -0.246. The predicted octanol–water partition coefficient (Wildman–Crippen LogP) is 3.23. The van der Waals surface area contributed by atoms with E-state index in [1.807, 2.05) is 6.07 Å². The van der Waals surface area contributed by atoms with Crippen LogP contribution < -0.4 is 5.32 Å². The van der Waals surface area contributed by atoms with E-state index in [9.17, 15) is 4.39 Å². The molecule has 1 aromatic carbocycles. The van der Waals surface area contributed by atoms with E-state index in [2.05, 4.69) is 35.1 Å². The molecule has 17 heavy (non-hydrogen) atoms. The smallest absolute Gasteiger partial charge is 0.137 e. The van der Waals surface area contributed by atoms with Crippen LogP contribution in [0.2, 0.25) is 0 Å². The van der Waals surface area contributed by atoms with Crippen molar-refractivity contribution in [3.05, 3.63) is 34.1 Å². The van der Waals surface area contributed by atoms with Gasteiger partial charge in [0.2, 0.25) is 0 Å². The fourth-order valence-electron chi connectivity index (χ4n) is 1.63. The van der Waals surface area contributed by atoms with Gasteiger partial charge in [0.15, 0.2) is 0 Å². The van der Waals surface area contributed by atoms with Gasteiger partial charge in [0.1, 0.15) is 5.82 Å². The van der Waals surface area contributed by atoms with Gasteiger partial charge in [0.05, 0.1) is 4.47 Å². The zero-order valence-electron chi connectivity index (χ0n) is 10.3. The SMILES string of the molecule is CCC(C)(CCO)NCc1cccc(F)c1Br. The van der Waals surface area contributed by atoms with Crippen LogP contribution in [0.1, 0.15) is 32.3 Å². The van der Waals surface area contributed by atoms with Gasteiger partial charge in [-0.05, 0) is 47.3 Å². The minimum atomic E-state index is -0.246. The summed E-state index contributed by atoms with van der Waals surface area (Å²) < 4.78 is 13.8. The summed E-state index contributed by atoms with van der Waals surface area (Å²) in [6, 6.07) is 5.02. The van der Waals surface area contributed by atoms with E-state index in [0.717, 1.165) is 12.0 Å². The molecule has 0 spiro atoms. The van der Waals surface area contributed by atoms with E-state index >= 15 is 0 Å². The number of rotatable bonds is 6. The molecule has 0 aliphatic carbocycles. The van der Waals surface area contributed by atoms with Crippen LogP contribution in [0.25, 0.3) is 0 Å². The van der Waals surface area contributed by atoms with Gasteiger partial charge in [-0.15, -0.1) is 0 Å². The van der Waals surface area contributed by atoms with Crippen molar-refractivity contribution in [3.63, 3.8) is 0 Å². The lowest BCUT2D eigenvalue weighted by Gasteiger charge is -2.29. The Morgan fingerprint density at radius 3 is 2.76 bits per heavy atom. The van der Waals surface area contributed by atoms with Gasteiger partial charge in [0, 0.05) is 18.7 Å². The second-order valence-electron chi connectivity index (χ2n) is 4.45. The van der Waals surface area contributed by atoms with Crippen molar-refractivity contribution in [1.82, 2.24) is 5.32 Å². The predicted molar refractivity (Wildman–Crippen MR) is 71.3 cm³/mol. The number of hydrogen-bond acceptors (Lipinski definition) is 2. The Balaban J connectivity index is 2.69. The van der Waals surface area contributed by atoms with Crippen LogP contribution in [0.15, 0.2) is 22.7 Å². The molecule has 0 aliphatic rings. The number of aliphatic hydroxyl groups excluding tert-OH is 1. The highest BCUT2D eigenvalue weighted by Crippen LogP contribution is 2.22. The lowest BCUT2D eigenvalue weighted by molar-refractivity contribution is 0.214. The second kappa shape index (κ2) is 6.47. The van der Waals surface area contributed by atoms with E-state index < -0.39 is 0 Å². The van der Waals surface area contributed by atoms with E-state index in [-0.39, 0.29) is 18.0 Å². The Morgan fingerprint density at radius 1 is 1.47 bits per heavy atom. The van der Waals surface area contributed by atoms with Gasteiger partial charge in [-0.25, -0.2) is 4.39 Å². The topological polar surface area (TPSA) is 32.3 Å². The molecule has 4 heteroatoms. The fourth-order valence-corrected chi connectivity index (χ4v) is 2.04. The van der Waals surface area contributed by atoms with Gasteiger partial charge in [-0.1, -0.05) is 19.1 Å². The minimum absolute atomic E-state index is 0.111. The summed E-state index contributed by atoms with van der Waals surface area (Å²) in [5, 5.41) is 12.4. The van der Waals surface area contributed by atoms with E-state index in [4.69, 9.17) is 5.11 Å². The summed E-state index contributed by atoms with van der Waals surface area (Å²) in [6.45, 7) is 4.88. The molecule has 1 aromatic rings. The van der Waals surface area contributed by atoms with Crippen LogP contribution in [0.5, 0.6) is 0 Å². The molecule has 0 aromatic heterocycles. The molecule has 2 nitrogen and oxygen atoms in total. The Bertz CT molecular complexity index is 372. The maximum atomic E-state index is 13.3. The van der Waals surface area contributed by atoms with Crippen molar-refractivity contribution in [3.8, 4) is 0 Å². The van der Waals surface area contributed by atoms with Crippen LogP contribution in [-0.4, -0.2) is 17.3 Å². The average Bonchev–Trinajstić information content (AvgIpc) is 2.31. The summed E-state index contributed by atoms with van der Waals surface area (Å²) in [5.41, 5.74) is 0.781. The third-order valence-corrected chi connectivity index (χ3v) is 4.07. The van der Waals surface area contributed by atoms with Gasteiger partial charge in [-0.2, -0.15) is 0 Å². The van der Waals surface area contributed by atoms with Crippen molar-refractivity contribution in [2.45, 2.75) is 38.8 Å². The number of nitrogens with one attached hydrogen (secondary N) is 1. The largest absolute Gasteiger partial charge is 0.396 e. The van der Waals surface area contributed by atoms with Crippen LogP contribution >= 0.6 is 15.9 Å². The highest BCUT2D eigenvalue weighted by atomic mass is 79.9. The van der Waals surface area contributed by atoms with Gasteiger partial charge in [0.25, 0.3) is 0 Å². The summed E-state index contributed by atoms with van der Waals surface area (Å²) >= 11 is 3.24. The van der Waals surface area contributed by atoms with Crippen molar-refractivity contribution >= 4 is 15.9 Å². The molecule has 1 rings (SSSR count). The zero-order valence-corrected chi connectivity index (χ0v) is 11.8. The number of halogens is 2. The molecule has 0 saturated heterocycles. The quantitative estimate of drug-likeness (QED) is 0.846. The Hall–Kier alpha value is -0.450. The molecule has 0 amide bonds. The molecular weight excluding hydrogens is 285 g/mol. The first-order chi connectivity index (χ1) is 8.02. The third-order valence-electron chi connectivity index (χ3n) is 3.18. The number of hydrogen-bond donors (Lipinski definition) is 2. The first kappa shape index (κ1) is 14.6. The summed E-state index contributed by atoms with van der Waals surface area (Å²) in [4.78, 5) is 0. The summed E-state index contributed by atoms with van der Waals surface area (Å²) in [6.07, 6.45) is 1.61. The lowest BCUT2D eigenvalue weighted by atomic mass is 9.94. The molecule has 0 bridgehead atoms. The highest BCUT2D eigenvalue weighted by Gasteiger charge is 2.20. The van der Waals surface area contributed by atoms with Crippen LogP contribution in [0.3, 0.4) is 0 Å². The average molecular weight is 304 g/mol. The van der Waals surface area contributed by atoms with Crippen molar-refractivity contribution < 1.29 is 9.50 Å². The van der Waals surface area contributed by atoms with E-state index in [1.54, 1.807) is 6.07 Å². The minimum Gasteiger partial charge on any atom is -0.396 e. The Morgan fingerprint density at radius 2 is 2.18 bits per heavy atom. The van der Waals surface area contributed by atoms with Crippen LogP contribution in [0.4, 0.5) is 4.39 Å². The van der Waals surface area contributed by atoms with Crippen LogP contribution in [-0.2, 0) is 6.54 Å². The molecular formula is C13H19BrFNO. The molecule has 1 atom stereocenters. The Kier molecular flexibility index (Phi) is 5.56. The van der Waals surface area contributed by atoms with Crippen LogP contribution in [0, 0.1) is 5.82 Å². The molecule has 0 heterocycles. The molecule has 96 valence electrons. The number of aliphatic hydroxyl groups is 1. The van der Waals surface area contributed by atoms with Gasteiger partial charge >= 0.3 is 0 Å². The maximum absolute atomic E-state index is 13.3. The molecule has 0 fully saturated rings. The standard InChI is InChI=1S/C13H19BrFNO/c1-3-13(2,7-8-17)16-9-10-5-4-6-11(15)12(10)14/h4-6,16-17H,3,7-9H2,1-2H3. The molecule has 2 N–H and O–H groups in total.